The van der Waals surface area contributed by atoms with E-state index in [0.717, 1.165) is 132 Å². The fraction of sp³-hybridized carbons (Fsp3) is 0.480. The lowest BCUT2D eigenvalue weighted by Gasteiger charge is -2.51. The van der Waals surface area contributed by atoms with Crippen molar-refractivity contribution in [2.24, 2.45) is 0 Å². The highest BCUT2D eigenvalue weighted by molar-refractivity contribution is 5.99. The predicted molar refractivity (Wildman–Crippen MR) is 493 cm³/mol. The lowest BCUT2D eigenvalue weighted by atomic mass is 9.68. The van der Waals surface area contributed by atoms with E-state index in [-0.39, 0.29) is 80.9 Å². The van der Waals surface area contributed by atoms with Crippen LogP contribution in [-0.2, 0) is 41.2 Å². The maximum Gasteiger partial charge on any atom is 0.327 e. The zero-order valence-corrected chi connectivity index (χ0v) is 76.1. The molecule has 6 aromatic carbocycles. The summed E-state index contributed by atoms with van der Waals surface area (Å²) in [7, 11) is 23.5. The largest absolute Gasteiger partial charge is 0.383 e. The number of rotatable bonds is 23. The van der Waals surface area contributed by atoms with Gasteiger partial charge >= 0.3 is 24.1 Å². The Bertz CT molecular complexity index is 5050. The number of para-hydroxylation sites is 2. The Morgan fingerprint density at radius 3 is 1.06 bits per heavy atom. The highest BCUT2D eigenvalue weighted by Gasteiger charge is 2.60. The minimum atomic E-state index is -0.340. The first-order valence-corrected chi connectivity index (χ1v) is 44.4. The summed E-state index contributed by atoms with van der Waals surface area (Å²) in [5.41, 5.74) is 8.40. The van der Waals surface area contributed by atoms with E-state index < -0.39 is 0 Å². The van der Waals surface area contributed by atoms with Crippen LogP contribution >= 0.6 is 0 Å². The molecule has 0 radical (unpaired) electrons. The van der Waals surface area contributed by atoms with Gasteiger partial charge in [0.2, 0.25) is 11.9 Å². The van der Waals surface area contributed by atoms with Crippen LogP contribution in [0.15, 0.2) is 207 Å². The van der Waals surface area contributed by atoms with Crippen molar-refractivity contribution >= 4 is 53.0 Å². The quantitative estimate of drug-likeness (QED) is 0.0625. The van der Waals surface area contributed by atoms with Gasteiger partial charge in [-0.2, -0.15) is 10.5 Å². The van der Waals surface area contributed by atoms with Crippen molar-refractivity contribution < 1.29 is 38.2 Å². The van der Waals surface area contributed by atoms with E-state index in [1.807, 2.05) is 116 Å². The monoisotopic (exact) mass is 1710 g/mol. The van der Waals surface area contributed by atoms with Crippen LogP contribution in [0.2, 0.25) is 0 Å². The van der Waals surface area contributed by atoms with Gasteiger partial charge in [0.25, 0.3) is 0 Å². The molecule has 4 saturated carbocycles. The van der Waals surface area contributed by atoms with Crippen molar-refractivity contribution in [2.75, 3.05) is 177 Å². The standard InChI is InChI=1S/C26H33N5O2.C25H32N4O2.C25H33N3O2.C24H30N6O2/c1-20-16-22(17-27)28-18-23(20)30-19-25(31(24(30)32)14-15-33-4)10-12-26(13-11-25,29(2)3)21-8-6-5-7-9-21;1-26-25(20-10-6-4-7-11-20)16-14-24(15-17-25)19-28(21-12-8-5-9-13-21)23(31)29(24)18-22(30)27(2)3;1-26(2)25(21-10-6-4-7-11-21)16-14-24(15-17-25)20-27(22-12-8-5-9-13-22)23(29)28(24)18-19-30-3;1-28(2)24(20-7-5-4-6-8-20)11-9-23(10-12-24)18-29(22(31)30(23)13-14-32-3)21-26-16-19(15-25)17-27-21/h5-9,16,18H,10-15,19H2,1-4H3;4-13,26H,14-19H2,1-3H3;4-13H,14-20H2,1-3H3;4-8,16-17H,9-14,18H2,1-3H3. The number of aryl methyl sites for hydroxylation is 1. The summed E-state index contributed by atoms with van der Waals surface area (Å²) in [6.07, 6.45) is 19.6. The number of anilines is 4. The molecule has 26 heteroatoms. The second-order valence-corrected chi connectivity index (χ2v) is 36.3. The Balaban J connectivity index is 0.000000144. The average Bonchev–Trinajstić information content (AvgIpc) is 1.57. The number of nitrogens with zero attached hydrogens (tertiary/aromatic N) is 17. The topological polar surface area (TPSA) is 250 Å². The van der Waals surface area contributed by atoms with Gasteiger partial charge in [-0.05, 0) is 217 Å². The molecule has 2 aromatic heterocycles. The Morgan fingerprint density at radius 1 is 0.405 bits per heavy atom. The normalized spacial score (nSPS) is 25.8. The van der Waals surface area contributed by atoms with Crippen LogP contribution in [-0.4, -0.2) is 263 Å². The maximum absolute atomic E-state index is 13.7. The molecule has 8 aromatic rings. The molecule has 0 bridgehead atoms. The number of ether oxygens (including phenoxy) is 3. The minimum absolute atomic E-state index is 0.00118. The minimum Gasteiger partial charge on any atom is -0.383 e. The molecule has 126 heavy (non-hydrogen) atoms. The molecule has 8 fully saturated rings. The molecule has 4 aliphatic carbocycles. The van der Waals surface area contributed by atoms with Crippen LogP contribution in [0.4, 0.5) is 42.2 Å². The zero-order chi connectivity index (χ0) is 89.7. The third kappa shape index (κ3) is 18.4. The molecule has 4 aliphatic heterocycles. The lowest BCUT2D eigenvalue weighted by molar-refractivity contribution is -0.130. The number of amides is 9. The van der Waals surface area contributed by atoms with Gasteiger partial charge in [-0.15, -0.1) is 0 Å². The number of methoxy groups -OCH3 is 3. The van der Waals surface area contributed by atoms with E-state index in [9.17, 15) is 29.2 Å². The van der Waals surface area contributed by atoms with Crippen LogP contribution in [0.5, 0.6) is 0 Å². The maximum atomic E-state index is 13.7. The third-order valence-corrected chi connectivity index (χ3v) is 29.3. The van der Waals surface area contributed by atoms with Crippen LogP contribution in [0.25, 0.3) is 0 Å². The average molecular weight is 1710 g/mol. The summed E-state index contributed by atoms with van der Waals surface area (Å²) < 4.78 is 16.0. The van der Waals surface area contributed by atoms with Crippen molar-refractivity contribution in [3.63, 3.8) is 0 Å². The fourth-order valence-electron chi connectivity index (χ4n) is 21.5. The van der Waals surface area contributed by atoms with Gasteiger partial charge < -0.3 is 44.0 Å². The SMILES string of the molecule is CNC1(c2ccccc2)CCC2(CC1)CN(c1ccccc1)C(=O)N2CC(=O)N(C)C.COCCN1C(=O)N(c2ccccc2)CC12CCC(c1ccccc1)(N(C)C)CC2.COCCN1C(=O)N(c2cnc(C#N)cc2C)CC12CCC(c1ccccc1)(N(C)C)CC2.COCCN1C(=O)N(c2ncc(C#N)cn2)CC12CCC(c1ccccc1)(N(C)C)CC2. The third-order valence-electron chi connectivity index (χ3n) is 29.3. The number of pyridine rings is 1. The van der Waals surface area contributed by atoms with E-state index in [1.165, 1.54) is 34.6 Å². The van der Waals surface area contributed by atoms with Gasteiger partial charge in [0.1, 0.15) is 24.4 Å². The van der Waals surface area contributed by atoms with Crippen molar-refractivity contribution in [3.05, 3.63) is 246 Å². The van der Waals surface area contributed by atoms with Gasteiger partial charge in [-0.3, -0.25) is 39.1 Å². The summed E-state index contributed by atoms with van der Waals surface area (Å²) in [4.78, 5) is 103. The second kappa shape index (κ2) is 39.8. The van der Waals surface area contributed by atoms with Crippen LogP contribution in [0, 0.1) is 29.6 Å². The number of hydrogen-bond acceptors (Lipinski definition) is 17. The molecular formula is C100H128N18O8. The number of benzene rings is 6. The summed E-state index contributed by atoms with van der Waals surface area (Å²) in [5.74, 6) is 0.303. The van der Waals surface area contributed by atoms with Gasteiger partial charge in [-0.1, -0.05) is 158 Å². The van der Waals surface area contributed by atoms with E-state index in [2.05, 4.69) is 203 Å². The van der Waals surface area contributed by atoms with Gasteiger partial charge in [-0.25, -0.2) is 34.1 Å². The molecule has 666 valence electrons. The predicted octanol–water partition coefficient (Wildman–Crippen LogP) is 14.7. The molecule has 0 unspecified atom stereocenters. The van der Waals surface area contributed by atoms with E-state index in [1.54, 1.807) is 57.5 Å². The highest BCUT2D eigenvalue weighted by atomic mass is 16.5. The molecule has 9 amide bonds. The van der Waals surface area contributed by atoms with Crippen LogP contribution in [0.1, 0.15) is 142 Å². The first-order chi connectivity index (χ1) is 60.7. The first kappa shape index (κ1) is 92.5. The van der Waals surface area contributed by atoms with Crippen molar-refractivity contribution in [1.82, 2.24) is 59.5 Å². The Hall–Kier alpha value is -11.2. The first-order valence-electron chi connectivity index (χ1n) is 44.4. The Kier molecular flexibility index (Phi) is 29.2. The molecule has 0 atom stereocenters. The second-order valence-electron chi connectivity index (χ2n) is 36.3. The number of carbonyl (C=O) groups excluding carboxylic acids is 5. The molecule has 8 aliphatic rings. The van der Waals surface area contributed by atoms with Crippen LogP contribution < -0.4 is 24.9 Å². The number of nitrogens with one attached hydrogen (secondary N) is 1. The van der Waals surface area contributed by atoms with Gasteiger partial charge in [0, 0.05) is 88.6 Å². The number of urea groups is 4. The fourth-order valence-corrected chi connectivity index (χ4v) is 21.5. The molecular weight excluding hydrogens is 1580 g/mol. The smallest absolute Gasteiger partial charge is 0.327 e. The van der Waals surface area contributed by atoms with Crippen LogP contribution in [0.3, 0.4) is 0 Å². The zero-order valence-electron chi connectivity index (χ0n) is 76.1. The van der Waals surface area contributed by atoms with E-state index in [0.29, 0.717) is 76.3 Å². The van der Waals surface area contributed by atoms with Crippen molar-refractivity contribution in [3.8, 4) is 12.1 Å². The van der Waals surface area contributed by atoms with Crippen molar-refractivity contribution in [2.45, 2.75) is 154 Å². The number of likely N-dealkylation sites (N-methyl/N-ethyl adjacent to an activating group) is 1. The highest BCUT2D eigenvalue weighted by Crippen LogP contribution is 2.54. The molecule has 6 heterocycles. The molecule has 1 N–H and O–H groups in total. The summed E-state index contributed by atoms with van der Waals surface area (Å²) in [5, 5.41) is 21.8. The molecule has 4 saturated heterocycles. The number of hydrogen-bond donors (Lipinski definition) is 1. The lowest BCUT2D eigenvalue weighted by Crippen LogP contribution is -2.56. The molecule has 16 rings (SSSR count). The Labute approximate surface area is 745 Å². The van der Waals surface area contributed by atoms with Gasteiger partial charge in [0.15, 0.2) is 0 Å². The van der Waals surface area contributed by atoms with E-state index >= 15 is 0 Å². The summed E-state index contributed by atoms with van der Waals surface area (Å²) in [6, 6.07) is 68.4. The molecule has 4 spiro atoms. The summed E-state index contributed by atoms with van der Waals surface area (Å²) >= 11 is 0. The summed E-state index contributed by atoms with van der Waals surface area (Å²) in [6.45, 7) is 7.86. The van der Waals surface area contributed by atoms with Crippen molar-refractivity contribution in [1.29, 1.82) is 10.5 Å². The molecule has 26 nitrogen and oxygen atoms in total. The van der Waals surface area contributed by atoms with E-state index in [4.69, 9.17) is 19.5 Å². The Morgan fingerprint density at radius 2 is 0.722 bits per heavy atom. The number of carbonyl (C=O) groups is 5. The van der Waals surface area contributed by atoms with Gasteiger partial charge in [0.05, 0.1) is 98.0 Å². The number of nitriles is 2. The number of aromatic nitrogens is 3.